The summed E-state index contributed by atoms with van der Waals surface area (Å²) in [5.74, 6) is 0.0223. The van der Waals surface area contributed by atoms with E-state index < -0.39 is 0 Å². The van der Waals surface area contributed by atoms with Crippen molar-refractivity contribution in [2.45, 2.75) is 50.6 Å². The smallest absolute Gasteiger partial charge is 0.247 e. The van der Waals surface area contributed by atoms with Crippen LogP contribution in [-0.2, 0) is 9.59 Å². The third kappa shape index (κ3) is 2.98. The molecular weight excluding hydrogens is 242 g/mol. The minimum Gasteiger partial charge on any atom is -0.304 e. The Morgan fingerprint density at radius 2 is 1.84 bits per heavy atom. The summed E-state index contributed by atoms with van der Waals surface area (Å²) >= 11 is 0. The maximum atomic E-state index is 12.1. The van der Waals surface area contributed by atoms with Crippen molar-refractivity contribution in [2.24, 2.45) is 0 Å². The Hall–Kier alpha value is -0.940. The summed E-state index contributed by atoms with van der Waals surface area (Å²) in [6.45, 7) is 4.14. The van der Waals surface area contributed by atoms with Crippen molar-refractivity contribution in [3.8, 4) is 0 Å². The second-order valence-electron chi connectivity index (χ2n) is 5.95. The number of imide groups is 1. The molecule has 1 unspecified atom stereocenters. The zero-order chi connectivity index (χ0) is 13.2. The lowest BCUT2D eigenvalue weighted by Crippen LogP contribution is -2.43. The second-order valence-corrected chi connectivity index (χ2v) is 5.95. The number of hydrogen-bond donors (Lipinski definition) is 1. The fourth-order valence-electron chi connectivity index (χ4n) is 3.11. The van der Waals surface area contributed by atoms with E-state index in [4.69, 9.17) is 0 Å². The first kappa shape index (κ1) is 13.1. The highest BCUT2D eigenvalue weighted by molar-refractivity contribution is 6.06. The van der Waals surface area contributed by atoms with E-state index in [1.807, 2.05) is 0 Å². The van der Waals surface area contributed by atoms with E-state index >= 15 is 0 Å². The Labute approximate surface area is 114 Å². The summed E-state index contributed by atoms with van der Waals surface area (Å²) < 4.78 is 0. The zero-order valence-corrected chi connectivity index (χ0v) is 11.4. The molecule has 1 aliphatic carbocycles. The van der Waals surface area contributed by atoms with Crippen LogP contribution in [0.1, 0.15) is 38.5 Å². The average Bonchev–Trinajstić information content (AvgIpc) is 3.19. The molecule has 0 aromatic carbocycles. The van der Waals surface area contributed by atoms with Crippen LogP contribution in [0.4, 0.5) is 0 Å². The zero-order valence-electron chi connectivity index (χ0n) is 11.4. The molecule has 2 aliphatic heterocycles. The summed E-state index contributed by atoms with van der Waals surface area (Å²) in [7, 11) is 0. The van der Waals surface area contributed by atoms with Gasteiger partial charge in [0.1, 0.15) is 0 Å². The first-order chi connectivity index (χ1) is 9.25. The maximum Gasteiger partial charge on any atom is 0.247 e. The van der Waals surface area contributed by atoms with Gasteiger partial charge in [-0.15, -0.1) is 0 Å². The summed E-state index contributed by atoms with van der Waals surface area (Å²) in [4.78, 5) is 27.8. The second kappa shape index (κ2) is 5.59. The van der Waals surface area contributed by atoms with Gasteiger partial charge in [-0.05, 0) is 38.8 Å². The van der Waals surface area contributed by atoms with Gasteiger partial charge in [0.15, 0.2) is 0 Å². The van der Waals surface area contributed by atoms with Gasteiger partial charge in [0, 0.05) is 19.1 Å². The molecule has 0 radical (unpaired) electrons. The van der Waals surface area contributed by atoms with Crippen LogP contribution < -0.4 is 5.32 Å². The molecule has 2 heterocycles. The minimum absolute atomic E-state index is 0.00569. The van der Waals surface area contributed by atoms with Crippen molar-refractivity contribution in [2.75, 3.05) is 26.2 Å². The fraction of sp³-hybridized carbons (Fsp3) is 0.857. The van der Waals surface area contributed by atoms with Crippen molar-refractivity contribution < 1.29 is 9.59 Å². The van der Waals surface area contributed by atoms with Gasteiger partial charge >= 0.3 is 0 Å². The first-order valence-electron chi connectivity index (χ1n) is 7.57. The van der Waals surface area contributed by atoms with E-state index in [1.165, 1.54) is 37.3 Å². The fourth-order valence-corrected chi connectivity index (χ4v) is 3.11. The molecule has 1 N–H and O–H groups in total. The largest absolute Gasteiger partial charge is 0.304 e. The van der Waals surface area contributed by atoms with Crippen LogP contribution in [0.2, 0.25) is 0 Å². The van der Waals surface area contributed by atoms with Gasteiger partial charge in [-0.25, -0.2) is 0 Å². The van der Waals surface area contributed by atoms with E-state index in [1.54, 1.807) is 0 Å². The van der Waals surface area contributed by atoms with Crippen molar-refractivity contribution >= 4 is 11.8 Å². The van der Waals surface area contributed by atoms with Crippen LogP contribution in [0.3, 0.4) is 0 Å². The van der Waals surface area contributed by atoms with Crippen LogP contribution >= 0.6 is 0 Å². The Bertz CT molecular complexity index is 362. The molecule has 0 bridgehead atoms. The molecule has 19 heavy (non-hydrogen) atoms. The van der Waals surface area contributed by atoms with Crippen LogP contribution in [0.5, 0.6) is 0 Å². The topological polar surface area (TPSA) is 52.7 Å². The summed E-state index contributed by atoms with van der Waals surface area (Å²) in [6, 6.07) is -0.0493. The number of nitrogens with zero attached hydrogens (tertiary/aromatic N) is 2. The minimum atomic E-state index is -0.266. The van der Waals surface area contributed by atoms with Crippen LogP contribution in [0.15, 0.2) is 0 Å². The molecule has 0 aromatic rings. The molecule has 1 saturated carbocycles. The first-order valence-corrected chi connectivity index (χ1v) is 7.57. The van der Waals surface area contributed by atoms with Crippen LogP contribution in [0, 0.1) is 0 Å². The Kier molecular flexibility index (Phi) is 3.84. The number of carbonyl (C=O) groups excluding carboxylic acids is 2. The lowest BCUT2D eigenvalue weighted by Gasteiger charge is -2.26. The highest BCUT2D eigenvalue weighted by Gasteiger charge is 2.45. The number of likely N-dealkylation sites (tertiary alicyclic amines) is 2. The molecule has 0 spiro atoms. The Balaban J connectivity index is 1.42. The van der Waals surface area contributed by atoms with Crippen molar-refractivity contribution in [3.63, 3.8) is 0 Å². The lowest BCUT2D eigenvalue weighted by atomic mass is 10.1. The van der Waals surface area contributed by atoms with Gasteiger partial charge in [-0.1, -0.05) is 6.42 Å². The SMILES string of the molecule is O=C1CC(NCCN2CCCCC2)C(=O)N1C1CC1. The number of hydrogen-bond acceptors (Lipinski definition) is 4. The average molecular weight is 265 g/mol. The van der Waals surface area contributed by atoms with Gasteiger partial charge in [-0.3, -0.25) is 14.5 Å². The molecule has 0 aromatic heterocycles. The van der Waals surface area contributed by atoms with Gasteiger partial charge in [0.2, 0.25) is 11.8 Å². The van der Waals surface area contributed by atoms with Gasteiger partial charge < -0.3 is 10.2 Å². The standard InChI is InChI=1S/C14H23N3O2/c18-13-10-12(14(19)17(13)11-4-5-11)15-6-9-16-7-2-1-3-8-16/h11-12,15H,1-10H2. The molecule has 3 aliphatic rings. The number of amides is 2. The van der Waals surface area contributed by atoms with Gasteiger partial charge in [0.05, 0.1) is 12.5 Å². The van der Waals surface area contributed by atoms with E-state index in [0.29, 0.717) is 6.42 Å². The molecule has 5 heteroatoms. The Morgan fingerprint density at radius 1 is 1.11 bits per heavy atom. The predicted molar refractivity (Wildman–Crippen MR) is 71.6 cm³/mol. The summed E-state index contributed by atoms with van der Waals surface area (Å²) in [5.41, 5.74) is 0. The van der Waals surface area contributed by atoms with Crippen molar-refractivity contribution in [1.82, 2.24) is 15.1 Å². The van der Waals surface area contributed by atoms with Gasteiger partial charge in [-0.2, -0.15) is 0 Å². The number of carbonyl (C=O) groups is 2. The molecule has 1 atom stereocenters. The van der Waals surface area contributed by atoms with E-state index in [2.05, 4.69) is 10.2 Å². The van der Waals surface area contributed by atoms with Crippen LogP contribution in [0.25, 0.3) is 0 Å². The quantitative estimate of drug-likeness (QED) is 0.729. The third-order valence-corrected chi connectivity index (χ3v) is 4.36. The maximum absolute atomic E-state index is 12.1. The molecule has 2 amide bonds. The highest BCUT2D eigenvalue weighted by Crippen LogP contribution is 2.31. The number of rotatable bonds is 5. The van der Waals surface area contributed by atoms with Crippen molar-refractivity contribution in [1.29, 1.82) is 0 Å². The number of piperidine rings is 1. The predicted octanol–water partition coefficient (Wildman–Crippen LogP) is 0.352. The van der Waals surface area contributed by atoms with E-state index in [-0.39, 0.29) is 23.9 Å². The molecule has 2 saturated heterocycles. The molecular formula is C14H23N3O2. The highest BCUT2D eigenvalue weighted by atomic mass is 16.2. The molecule has 106 valence electrons. The van der Waals surface area contributed by atoms with Crippen LogP contribution in [-0.4, -0.2) is 59.9 Å². The summed E-state index contributed by atoms with van der Waals surface area (Å²) in [5, 5.41) is 3.27. The molecule has 3 rings (SSSR count). The third-order valence-electron chi connectivity index (χ3n) is 4.36. The molecule has 5 nitrogen and oxygen atoms in total. The van der Waals surface area contributed by atoms with E-state index in [0.717, 1.165) is 25.9 Å². The summed E-state index contributed by atoms with van der Waals surface area (Å²) in [6.07, 6.45) is 6.27. The number of nitrogens with one attached hydrogen (secondary N) is 1. The lowest BCUT2D eigenvalue weighted by molar-refractivity contribution is -0.139. The van der Waals surface area contributed by atoms with Gasteiger partial charge in [0.25, 0.3) is 0 Å². The monoisotopic (exact) mass is 265 g/mol. The molecule has 3 fully saturated rings. The van der Waals surface area contributed by atoms with Crippen molar-refractivity contribution in [3.05, 3.63) is 0 Å². The normalized spacial score (nSPS) is 29.3. The Morgan fingerprint density at radius 3 is 2.53 bits per heavy atom. The van der Waals surface area contributed by atoms with E-state index in [9.17, 15) is 9.59 Å².